The minimum atomic E-state index is -0.821. The Labute approximate surface area is 202 Å². The number of anilines is 1. The lowest BCUT2D eigenvalue weighted by Gasteiger charge is -2.15. The normalized spacial score (nSPS) is 10.8. The van der Waals surface area contributed by atoms with Gasteiger partial charge in [-0.2, -0.15) is 20.7 Å². The smallest absolute Gasteiger partial charge is 0.255 e. The van der Waals surface area contributed by atoms with Gasteiger partial charge in [-0.25, -0.2) is 0 Å². The summed E-state index contributed by atoms with van der Waals surface area (Å²) in [5, 5.41) is 29.5. The molecule has 0 aromatic carbocycles. The Morgan fingerprint density at radius 2 is 1.77 bits per heavy atom. The summed E-state index contributed by atoms with van der Waals surface area (Å²) in [5.74, 6) is -0.352. The van der Waals surface area contributed by atoms with Crippen molar-refractivity contribution in [2.75, 3.05) is 5.32 Å². The third-order valence-electron chi connectivity index (χ3n) is 5.46. The van der Waals surface area contributed by atoms with Gasteiger partial charge in [-0.3, -0.25) is 19.7 Å². The zero-order valence-corrected chi connectivity index (χ0v) is 19.3. The first-order valence-corrected chi connectivity index (χ1v) is 10.7. The molecule has 170 valence electrons. The Morgan fingerprint density at radius 3 is 2.49 bits per heavy atom. The molecule has 1 amide bonds. The first-order valence-electron chi connectivity index (χ1n) is 10.7. The Morgan fingerprint density at radius 1 is 0.943 bits per heavy atom. The molecule has 9 nitrogen and oxygen atoms in total. The number of aromatic nitrogens is 5. The predicted octanol–water partition coefficient (Wildman–Crippen LogP) is 4.23. The minimum absolute atomic E-state index is 0.352. The SMILES string of the molecule is Cc1ncc(NC(=O)c2ccnc(C(C)(C)C#N)c2)cc1-c1cnc(-c2ccnnc2)c(C#N)c1. The largest absolute Gasteiger partial charge is 0.321 e. The van der Waals surface area contributed by atoms with Gasteiger partial charge in [0.05, 0.1) is 52.7 Å². The molecule has 0 atom stereocenters. The molecule has 0 saturated heterocycles. The van der Waals surface area contributed by atoms with Gasteiger partial charge < -0.3 is 5.32 Å². The third kappa shape index (κ3) is 4.85. The van der Waals surface area contributed by atoms with Crippen LogP contribution in [0.3, 0.4) is 0 Å². The fraction of sp³-hybridized carbons (Fsp3) is 0.154. The van der Waals surface area contributed by atoms with Crippen LogP contribution in [0.2, 0.25) is 0 Å². The molecule has 1 N–H and O–H groups in total. The zero-order chi connectivity index (χ0) is 25.0. The monoisotopic (exact) mass is 460 g/mol. The van der Waals surface area contributed by atoms with Crippen molar-refractivity contribution in [3.8, 4) is 34.5 Å². The molecule has 9 heteroatoms. The molecule has 4 aromatic rings. The molecule has 4 aromatic heterocycles. The summed E-state index contributed by atoms with van der Waals surface area (Å²) >= 11 is 0. The van der Waals surface area contributed by atoms with E-state index >= 15 is 0 Å². The first-order chi connectivity index (χ1) is 16.8. The van der Waals surface area contributed by atoms with Gasteiger partial charge in [-0.05, 0) is 51.1 Å². The van der Waals surface area contributed by atoms with Crippen molar-refractivity contribution in [1.29, 1.82) is 10.5 Å². The molecule has 35 heavy (non-hydrogen) atoms. The molecule has 0 radical (unpaired) electrons. The van der Waals surface area contributed by atoms with Crippen LogP contribution in [0.1, 0.15) is 41.2 Å². The number of carbonyl (C=O) groups is 1. The average Bonchev–Trinajstić information content (AvgIpc) is 2.90. The van der Waals surface area contributed by atoms with Crippen molar-refractivity contribution in [1.82, 2.24) is 25.1 Å². The topological polar surface area (TPSA) is 141 Å². The Balaban J connectivity index is 1.64. The minimum Gasteiger partial charge on any atom is -0.321 e. The van der Waals surface area contributed by atoms with Crippen molar-refractivity contribution in [3.05, 3.63) is 83.8 Å². The highest BCUT2D eigenvalue weighted by Gasteiger charge is 2.22. The van der Waals surface area contributed by atoms with Gasteiger partial charge in [0, 0.05) is 40.3 Å². The van der Waals surface area contributed by atoms with Gasteiger partial charge in [0.2, 0.25) is 0 Å². The summed E-state index contributed by atoms with van der Waals surface area (Å²) in [7, 11) is 0. The number of pyridine rings is 3. The van der Waals surface area contributed by atoms with Gasteiger partial charge in [0.25, 0.3) is 5.91 Å². The van der Waals surface area contributed by atoms with Crippen LogP contribution in [0, 0.1) is 29.6 Å². The number of hydrogen-bond donors (Lipinski definition) is 1. The maximum absolute atomic E-state index is 12.9. The van der Waals surface area contributed by atoms with E-state index in [-0.39, 0.29) is 5.91 Å². The molecule has 0 unspecified atom stereocenters. The standard InChI is InChI=1S/C26H20N8O/c1-16-22(20-8-19(11-27)24(31-12-20)18-5-7-32-33-13-18)10-21(14-30-16)34-25(35)17-4-6-29-23(9-17)26(2,3)15-28/h4-10,12-14H,1-3H3,(H,34,35). The maximum atomic E-state index is 12.9. The molecular weight excluding hydrogens is 440 g/mol. The fourth-order valence-corrected chi connectivity index (χ4v) is 3.43. The number of carbonyl (C=O) groups excluding carboxylic acids is 1. The van der Waals surface area contributed by atoms with Crippen LogP contribution in [-0.2, 0) is 5.41 Å². The third-order valence-corrected chi connectivity index (χ3v) is 5.46. The molecule has 0 aliphatic carbocycles. The lowest BCUT2D eigenvalue weighted by Crippen LogP contribution is -2.18. The molecule has 0 fully saturated rings. The van der Waals surface area contributed by atoms with Crippen LogP contribution in [-0.4, -0.2) is 31.1 Å². The number of nitrogens with zero attached hydrogens (tertiary/aromatic N) is 7. The number of rotatable bonds is 5. The van der Waals surface area contributed by atoms with E-state index in [0.717, 1.165) is 5.56 Å². The summed E-state index contributed by atoms with van der Waals surface area (Å²) in [5.41, 5.74) is 4.27. The van der Waals surface area contributed by atoms with Crippen LogP contribution < -0.4 is 5.32 Å². The second-order valence-corrected chi connectivity index (χ2v) is 8.34. The highest BCUT2D eigenvalue weighted by molar-refractivity contribution is 6.04. The molecule has 0 aliphatic heterocycles. The number of nitrogens with one attached hydrogen (secondary N) is 1. The first kappa shape index (κ1) is 23.1. The summed E-state index contributed by atoms with van der Waals surface area (Å²) in [6.07, 6.45) is 7.82. The second kappa shape index (κ2) is 9.46. The number of aryl methyl sites for hydroxylation is 1. The molecule has 4 rings (SSSR count). The Kier molecular flexibility index (Phi) is 6.25. The Hall–Kier alpha value is -5.02. The second-order valence-electron chi connectivity index (χ2n) is 8.34. The van der Waals surface area contributed by atoms with Crippen LogP contribution >= 0.6 is 0 Å². The zero-order valence-electron chi connectivity index (χ0n) is 19.3. The van der Waals surface area contributed by atoms with Crippen LogP contribution in [0.15, 0.2) is 61.3 Å². The van der Waals surface area contributed by atoms with E-state index in [1.54, 1.807) is 69.0 Å². The van der Waals surface area contributed by atoms with Gasteiger partial charge in [0.1, 0.15) is 6.07 Å². The van der Waals surface area contributed by atoms with Gasteiger partial charge in [0.15, 0.2) is 0 Å². The van der Waals surface area contributed by atoms with E-state index in [2.05, 4.69) is 42.6 Å². The lowest BCUT2D eigenvalue weighted by molar-refractivity contribution is 0.102. The molecule has 0 bridgehead atoms. The number of nitriles is 2. The van der Waals surface area contributed by atoms with Crippen molar-refractivity contribution < 1.29 is 4.79 Å². The van der Waals surface area contributed by atoms with E-state index < -0.39 is 5.41 Å². The molecule has 4 heterocycles. The van der Waals surface area contributed by atoms with Gasteiger partial charge in [-0.15, -0.1) is 0 Å². The van der Waals surface area contributed by atoms with Crippen molar-refractivity contribution in [2.24, 2.45) is 0 Å². The predicted molar refractivity (Wildman–Crippen MR) is 129 cm³/mol. The molecule has 0 saturated carbocycles. The van der Waals surface area contributed by atoms with E-state index in [4.69, 9.17) is 0 Å². The van der Waals surface area contributed by atoms with Crippen LogP contribution in [0.5, 0.6) is 0 Å². The van der Waals surface area contributed by atoms with Gasteiger partial charge in [-0.1, -0.05) is 0 Å². The van der Waals surface area contributed by atoms with Crippen molar-refractivity contribution in [2.45, 2.75) is 26.2 Å². The summed E-state index contributed by atoms with van der Waals surface area (Å²) < 4.78 is 0. The summed E-state index contributed by atoms with van der Waals surface area (Å²) in [6.45, 7) is 5.33. The highest BCUT2D eigenvalue weighted by atomic mass is 16.1. The quantitative estimate of drug-likeness (QED) is 0.466. The lowest BCUT2D eigenvalue weighted by atomic mass is 9.90. The summed E-state index contributed by atoms with van der Waals surface area (Å²) in [6, 6.07) is 12.8. The van der Waals surface area contributed by atoms with E-state index in [1.165, 1.54) is 6.20 Å². The average molecular weight is 461 g/mol. The maximum Gasteiger partial charge on any atom is 0.255 e. The number of hydrogen-bond acceptors (Lipinski definition) is 8. The van der Waals surface area contributed by atoms with Gasteiger partial charge >= 0.3 is 0 Å². The van der Waals surface area contributed by atoms with E-state index in [9.17, 15) is 15.3 Å². The van der Waals surface area contributed by atoms with Crippen molar-refractivity contribution in [3.63, 3.8) is 0 Å². The van der Waals surface area contributed by atoms with Crippen LogP contribution in [0.4, 0.5) is 5.69 Å². The number of amides is 1. The molecule has 0 aliphatic rings. The van der Waals surface area contributed by atoms with E-state index in [0.29, 0.717) is 45.0 Å². The fourth-order valence-electron chi connectivity index (χ4n) is 3.43. The summed E-state index contributed by atoms with van der Waals surface area (Å²) in [4.78, 5) is 26.0. The van der Waals surface area contributed by atoms with Crippen LogP contribution in [0.25, 0.3) is 22.4 Å². The Bertz CT molecular complexity index is 1500. The molecule has 0 spiro atoms. The van der Waals surface area contributed by atoms with Crippen molar-refractivity contribution >= 4 is 11.6 Å². The van der Waals surface area contributed by atoms with E-state index in [1.807, 2.05) is 6.92 Å². The molecular formula is C26H20N8O. The highest BCUT2D eigenvalue weighted by Crippen LogP contribution is 2.29.